The molecule has 0 saturated carbocycles. The Labute approximate surface area is 122 Å². The molecule has 0 unspecified atom stereocenters. The minimum Gasteiger partial charge on any atom is -0.397 e. The summed E-state index contributed by atoms with van der Waals surface area (Å²) in [5.74, 6) is 0. The third-order valence-electron chi connectivity index (χ3n) is 2.88. The van der Waals surface area contributed by atoms with Crippen LogP contribution in [0.1, 0.15) is 11.1 Å². The van der Waals surface area contributed by atoms with Crippen LogP contribution < -0.4 is 10.5 Å². The lowest BCUT2D eigenvalue weighted by molar-refractivity contribution is 0.601. The molecule has 1 aromatic heterocycles. The summed E-state index contributed by atoms with van der Waals surface area (Å²) in [5, 5.41) is 0.0833. The highest BCUT2D eigenvalue weighted by molar-refractivity contribution is 7.93. The first-order chi connectivity index (χ1) is 9.33. The summed E-state index contributed by atoms with van der Waals surface area (Å²) in [6.45, 7) is 3.44. The maximum Gasteiger partial charge on any atom is 0.264 e. The van der Waals surface area contributed by atoms with Gasteiger partial charge in [-0.3, -0.25) is 4.72 Å². The highest BCUT2D eigenvalue weighted by Gasteiger charge is 2.22. The van der Waals surface area contributed by atoms with E-state index >= 15 is 0 Å². The number of hydrogen-bond donors (Lipinski definition) is 2. The Hall–Kier alpha value is -1.79. The molecule has 5 nitrogen and oxygen atoms in total. The molecule has 106 valence electrons. The molecule has 0 radical (unpaired) electrons. The maximum atomic E-state index is 12.5. The minimum absolute atomic E-state index is 0.0671. The lowest BCUT2D eigenvalue weighted by Gasteiger charge is -2.14. The van der Waals surface area contributed by atoms with Crippen LogP contribution in [-0.2, 0) is 10.0 Å². The zero-order chi connectivity index (χ0) is 14.9. The van der Waals surface area contributed by atoms with Gasteiger partial charge in [0.1, 0.15) is 4.90 Å². The van der Waals surface area contributed by atoms with Crippen molar-refractivity contribution < 1.29 is 8.42 Å². The summed E-state index contributed by atoms with van der Waals surface area (Å²) in [7, 11) is -3.82. The van der Waals surface area contributed by atoms with E-state index in [9.17, 15) is 8.42 Å². The Morgan fingerprint density at radius 2 is 1.85 bits per heavy atom. The van der Waals surface area contributed by atoms with Gasteiger partial charge in [0.05, 0.1) is 11.4 Å². The van der Waals surface area contributed by atoms with E-state index in [1.807, 2.05) is 0 Å². The molecule has 0 spiro atoms. The first kappa shape index (κ1) is 14.6. The Morgan fingerprint density at radius 3 is 2.50 bits per heavy atom. The second-order valence-electron chi connectivity index (χ2n) is 4.39. The van der Waals surface area contributed by atoms with Crippen molar-refractivity contribution in [1.82, 2.24) is 4.98 Å². The summed E-state index contributed by atoms with van der Waals surface area (Å²) in [6.07, 6.45) is 1.48. The third kappa shape index (κ3) is 2.71. The average molecular weight is 312 g/mol. The van der Waals surface area contributed by atoms with Crippen molar-refractivity contribution in [3.63, 3.8) is 0 Å². The average Bonchev–Trinajstić information content (AvgIpc) is 2.37. The Kier molecular flexibility index (Phi) is 3.87. The zero-order valence-electron chi connectivity index (χ0n) is 11.0. The molecule has 0 bridgehead atoms. The van der Waals surface area contributed by atoms with Gasteiger partial charge in [-0.15, -0.1) is 0 Å². The molecule has 0 fully saturated rings. The molecule has 3 N–H and O–H groups in total. The van der Waals surface area contributed by atoms with Crippen molar-refractivity contribution in [2.75, 3.05) is 10.5 Å². The van der Waals surface area contributed by atoms with Crippen LogP contribution in [0.4, 0.5) is 11.4 Å². The lowest BCUT2D eigenvalue weighted by Crippen LogP contribution is -2.17. The highest BCUT2D eigenvalue weighted by atomic mass is 35.5. The van der Waals surface area contributed by atoms with Crippen molar-refractivity contribution >= 4 is 33.0 Å². The van der Waals surface area contributed by atoms with Crippen molar-refractivity contribution in [1.29, 1.82) is 0 Å². The van der Waals surface area contributed by atoms with Crippen LogP contribution in [0, 0.1) is 13.8 Å². The van der Waals surface area contributed by atoms with Crippen LogP contribution in [0.5, 0.6) is 0 Å². The van der Waals surface area contributed by atoms with E-state index in [-0.39, 0.29) is 21.4 Å². The first-order valence-electron chi connectivity index (χ1n) is 5.82. The van der Waals surface area contributed by atoms with Crippen molar-refractivity contribution in [2.45, 2.75) is 18.7 Å². The van der Waals surface area contributed by atoms with Crippen LogP contribution in [0.2, 0.25) is 5.15 Å². The monoisotopic (exact) mass is 311 g/mol. The van der Waals surface area contributed by atoms with Crippen molar-refractivity contribution in [2.24, 2.45) is 0 Å². The van der Waals surface area contributed by atoms with Crippen LogP contribution in [-0.4, -0.2) is 13.4 Å². The fraction of sp³-hybridized carbons (Fsp3) is 0.154. The number of nitrogens with two attached hydrogens (primary N) is 1. The fourth-order valence-electron chi connectivity index (χ4n) is 1.82. The van der Waals surface area contributed by atoms with E-state index in [0.717, 1.165) is 0 Å². The highest BCUT2D eigenvalue weighted by Crippen LogP contribution is 2.29. The SMILES string of the molecule is Cc1ccc(C)c(S(=O)(=O)Nc2cccnc2Cl)c1N. The normalized spacial score (nSPS) is 11.3. The molecule has 0 saturated heterocycles. The van der Waals surface area contributed by atoms with Crippen LogP contribution in [0.15, 0.2) is 35.4 Å². The molecule has 2 rings (SSSR count). The van der Waals surface area contributed by atoms with Gasteiger partial charge in [0.2, 0.25) is 0 Å². The van der Waals surface area contributed by atoms with Gasteiger partial charge in [-0.1, -0.05) is 23.7 Å². The second-order valence-corrected chi connectivity index (χ2v) is 6.37. The number of hydrogen-bond acceptors (Lipinski definition) is 4. The van der Waals surface area contributed by atoms with Gasteiger partial charge < -0.3 is 5.73 Å². The molecular weight excluding hydrogens is 298 g/mol. The molecule has 20 heavy (non-hydrogen) atoms. The van der Waals surface area contributed by atoms with Crippen molar-refractivity contribution in [3.8, 4) is 0 Å². The summed E-state index contributed by atoms with van der Waals surface area (Å²) in [4.78, 5) is 3.89. The van der Waals surface area contributed by atoms with E-state index in [1.165, 1.54) is 12.3 Å². The topological polar surface area (TPSA) is 85.1 Å². The Morgan fingerprint density at radius 1 is 1.20 bits per heavy atom. The molecule has 2 aromatic rings. The maximum absolute atomic E-state index is 12.5. The fourth-order valence-corrected chi connectivity index (χ4v) is 3.54. The van der Waals surface area contributed by atoms with Crippen LogP contribution >= 0.6 is 11.6 Å². The Balaban J connectivity index is 2.52. The van der Waals surface area contributed by atoms with Crippen LogP contribution in [0.3, 0.4) is 0 Å². The van der Waals surface area contributed by atoms with Gasteiger partial charge in [0.25, 0.3) is 10.0 Å². The number of nitrogens with one attached hydrogen (secondary N) is 1. The van der Waals surface area contributed by atoms with E-state index in [4.69, 9.17) is 17.3 Å². The molecule has 0 aliphatic heterocycles. The number of nitrogens with zero attached hydrogens (tertiary/aromatic N) is 1. The van der Waals surface area contributed by atoms with Gasteiger partial charge in [0.15, 0.2) is 5.15 Å². The van der Waals surface area contributed by atoms with E-state index < -0.39 is 10.0 Å². The number of anilines is 2. The molecule has 0 aliphatic carbocycles. The smallest absolute Gasteiger partial charge is 0.264 e. The van der Waals surface area contributed by atoms with Gasteiger partial charge in [-0.05, 0) is 37.1 Å². The number of aryl methyl sites for hydroxylation is 2. The number of nitrogen functional groups attached to an aromatic ring is 1. The zero-order valence-corrected chi connectivity index (χ0v) is 12.6. The van der Waals surface area contributed by atoms with Gasteiger partial charge in [-0.25, -0.2) is 13.4 Å². The molecule has 7 heteroatoms. The second kappa shape index (κ2) is 5.30. The lowest BCUT2D eigenvalue weighted by atomic mass is 10.1. The molecule has 0 amide bonds. The van der Waals surface area contributed by atoms with Crippen LogP contribution in [0.25, 0.3) is 0 Å². The molecule has 1 aromatic carbocycles. The molecular formula is C13H14ClN3O2S. The summed E-state index contributed by atoms with van der Waals surface area (Å²) in [6, 6.07) is 6.62. The predicted octanol–water partition coefficient (Wildman–Crippen LogP) is 2.73. The summed E-state index contributed by atoms with van der Waals surface area (Å²) in [5.41, 5.74) is 7.62. The number of sulfonamides is 1. The predicted molar refractivity (Wildman–Crippen MR) is 80.4 cm³/mol. The Bertz CT molecular complexity index is 760. The van der Waals surface area contributed by atoms with Crippen molar-refractivity contribution in [3.05, 3.63) is 46.7 Å². The molecule has 0 aliphatic rings. The largest absolute Gasteiger partial charge is 0.397 e. The van der Waals surface area contributed by atoms with E-state index in [1.54, 1.807) is 32.0 Å². The summed E-state index contributed by atoms with van der Waals surface area (Å²) >= 11 is 5.86. The standard InChI is InChI=1S/C13H14ClN3O2S/c1-8-5-6-9(2)12(11(8)15)20(18,19)17-10-4-3-7-16-13(10)14/h3-7,17H,15H2,1-2H3. The molecule has 0 atom stereocenters. The van der Waals surface area contributed by atoms with Gasteiger partial charge in [-0.2, -0.15) is 0 Å². The number of aromatic nitrogens is 1. The number of pyridine rings is 1. The van der Waals surface area contributed by atoms with Gasteiger partial charge in [0, 0.05) is 6.20 Å². The van der Waals surface area contributed by atoms with Gasteiger partial charge >= 0.3 is 0 Å². The van der Waals surface area contributed by atoms with E-state index in [2.05, 4.69) is 9.71 Å². The van der Waals surface area contributed by atoms with E-state index in [0.29, 0.717) is 11.1 Å². The summed E-state index contributed by atoms with van der Waals surface area (Å²) < 4.78 is 27.3. The minimum atomic E-state index is -3.82. The number of rotatable bonds is 3. The number of halogens is 1. The quantitative estimate of drug-likeness (QED) is 0.674. The first-order valence-corrected chi connectivity index (χ1v) is 7.68. The third-order valence-corrected chi connectivity index (χ3v) is 4.75. The number of benzene rings is 1. The molecule has 1 heterocycles.